The lowest BCUT2D eigenvalue weighted by Gasteiger charge is -2.25. The van der Waals surface area contributed by atoms with Crippen LogP contribution in [0.2, 0.25) is 10.0 Å². The van der Waals surface area contributed by atoms with Gasteiger partial charge in [0.2, 0.25) is 5.91 Å². The predicted molar refractivity (Wildman–Crippen MR) is 108 cm³/mol. The van der Waals surface area contributed by atoms with E-state index in [4.69, 9.17) is 28.3 Å². The molecule has 26 heavy (non-hydrogen) atoms. The van der Waals surface area contributed by atoms with Crippen LogP contribution in [0, 0.1) is 5.41 Å². The van der Waals surface area contributed by atoms with Crippen LogP contribution in [-0.2, 0) is 4.79 Å². The lowest BCUT2D eigenvalue weighted by molar-refractivity contribution is -0.117. The highest BCUT2D eigenvalue weighted by molar-refractivity contribution is 6.31. The zero-order valence-corrected chi connectivity index (χ0v) is 16.3. The number of carbonyl (C=O) groups is 1. The van der Waals surface area contributed by atoms with E-state index in [1.165, 1.54) is 0 Å². The number of hydrogen-bond donors (Lipinski definition) is 1. The first kappa shape index (κ1) is 18.7. The summed E-state index contributed by atoms with van der Waals surface area (Å²) in [5, 5.41) is 10.8. The first-order valence-corrected chi connectivity index (χ1v) is 9.30. The molecule has 1 N–H and O–H groups in total. The molecule has 0 aliphatic carbocycles. The molecule has 2 aromatic rings. The second-order valence-electron chi connectivity index (χ2n) is 6.75. The van der Waals surface area contributed by atoms with Crippen LogP contribution in [0.15, 0.2) is 53.6 Å². The van der Waals surface area contributed by atoms with E-state index in [1.807, 2.05) is 29.3 Å². The molecular formula is C20H21Cl2N3O. The third-order valence-corrected chi connectivity index (χ3v) is 5.20. The third-order valence-electron chi connectivity index (χ3n) is 4.70. The molecule has 3 rings (SSSR count). The van der Waals surface area contributed by atoms with Gasteiger partial charge in [-0.3, -0.25) is 9.80 Å². The normalized spacial score (nSPS) is 19.4. The van der Waals surface area contributed by atoms with Crippen molar-refractivity contribution < 1.29 is 4.79 Å². The minimum absolute atomic E-state index is 0.103. The fourth-order valence-electron chi connectivity index (χ4n) is 3.06. The SMILES string of the molecule is CCC1(C)CN(CC(=O)Nc2ccc(Cl)cc2)N=C1c1ccc(Cl)cc1. The van der Waals surface area contributed by atoms with Gasteiger partial charge in [0, 0.05) is 27.7 Å². The van der Waals surface area contributed by atoms with Crippen LogP contribution < -0.4 is 5.32 Å². The van der Waals surface area contributed by atoms with Crippen molar-refractivity contribution in [1.29, 1.82) is 0 Å². The van der Waals surface area contributed by atoms with Gasteiger partial charge in [0.1, 0.15) is 6.54 Å². The van der Waals surface area contributed by atoms with Crippen LogP contribution in [-0.4, -0.2) is 29.7 Å². The van der Waals surface area contributed by atoms with Crippen LogP contribution >= 0.6 is 23.2 Å². The summed E-state index contributed by atoms with van der Waals surface area (Å²) in [7, 11) is 0. The highest BCUT2D eigenvalue weighted by Crippen LogP contribution is 2.34. The molecule has 0 saturated heterocycles. The molecule has 1 heterocycles. The average molecular weight is 390 g/mol. The lowest BCUT2D eigenvalue weighted by atomic mass is 9.80. The van der Waals surface area contributed by atoms with Gasteiger partial charge in [-0.05, 0) is 48.4 Å². The Kier molecular flexibility index (Phi) is 5.54. The van der Waals surface area contributed by atoms with Crippen LogP contribution in [0.5, 0.6) is 0 Å². The minimum atomic E-state index is -0.105. The Labute approximate surface area is 163 Å². The number of benzene rings is 2. The molecule has 1 atom stereocenters. The maximum Gasteiger partial charge on any atom is 0.245 e. The average Bonchev–Trinajstić information content (AvgIpc) is 2.94. The van der Waals surface area contributed by atoms with Crippen molar-refractivity contribution in [3.8, 4) is 0 Å². The van der Waals surface area contributed by atoms with E-state index >= 15 is 0 Å². The molecule has 1 aliphatic rings. The molecule has 0 radical (unpaired) electrons. The number of halogens is 2. The van der Waals surface area contributed by atoms with Crippen LogP contribution in [0.4, 0.5) is 5.69 Å². The molecule has 0 bridgehead atoms. The molecule has 4 nitrogen and oxygen atoms in total. The largest absolute Gasteiger partial charge is 0.324 e. The Morgan fingerprint density at radius 3 is 2.27 bits per heavy atom. The maximum absolute atomic E-state index is 12.4. The Hall–Kier alpha value is -2.04. The summed E-state index contributed by atoms with van der Waals surface area (Å²) < 4.78 is 0. The maximum atomic E-state index is 12.4. The zero-order chi connectivity index (χ0) is 18.7. The van der Waals surface area contributed by atoms with Crippen molar-refractivity contribution in [2.75, 3.05) is 18.4 Å². The number of rotatable bonds is 5. The van der Waals surface area contributed by atoms with Gasteiger partial charge in [-0.15, -0.1) is 0 Å². The summed E-state index contributed by atoms with van der Waals surface area (Å²) in [5.41, 5.74) is 2.66. The summed E-state index contributed by atoms with van der Waals surface area (Å²) >= 11 is 11.9. The molecule has 2 aromatic carbocycles. The molecule has 6 heteroatoms. The lowest BCUT2D eigenvalue weighted by Crippen LogP contribution is -2.34. The molecule has 136 valence electrons. The van der Waals surface area contributed by atoms with Gasteiger partial charge in [-0.1, -0.05) is 49.2 Å². The third kappa shape index (κ3) is 4.19. The van der Waals surface area contributed by atoms with E-state index in [-0.39, 0.29) is 17.9 Å². The summed E-state index contributed by atoms with van der Waals surface area (Å²) in [4.78, 5) is 12.4. The number of nitrogens with zero attached hydrogens (tertiary/aromatic N) is 2. The van der Waals surface area contributed by atoms with Crippen molar-refractivity contribution in [2.24, 2.45) is 10.5 Å². The summed E-state index contributed by atoms with van der Waals surface area (Å²) in [5.74, 6) is -0.105. The summed E-state index contributed by atoms with van der Waals surface area (Å²) in [6, 6.07) is 14.7. The summed E-state index contributed by atoms with van der Waals surface area (Å²) in [6.45, 7) is 5.23. The molecule has 0 fully saturated rings. The first-order chi connectivity index (χ1) is 12.4. The van der Waals surface area contributed by atoms with Crippen molar-refractivity contribution in [2.45, 2.75) is 20.3 Å². The van der Waals surface area contributed by atoms with Gasteiger partial charge < -0.3 is 5.32 Å². The number of carbonyl (C=O) groups excluding carboxylic acids is 1. The molecule has 1 amide bonds. The highest BCUT2D eigenvalue weighted by Gasteiger charge is 2.38. The Bertz CT molecular complexity index is 818. The predicted octanol–water partition coefficient (Wildman–Crippen LogP) is 5.07. The zero-order valence-electron chi connectivity index (χ0n) is 14.8. The van der Waals surface area contributed by atoms with E-state index in [1.54, 1.807) is 24.3 Å². The van der Waals surface area contributed by atoms with E-state index in [9.17, 15) is 4.79 Å². The second kappa shape index (κ2) is 7.68. The van der Waals surface area contributed by atoms with Crippen molar-refractivity contribution >= 4 is 40.5 Å². The quantitative estimate of drug-likeness (QED) is 0.775. The number of anilines is 1. The molecule has 1 aliphatic heterocycles. The molecular weight excluding hydrogens is 369 g/mol. The van der Waals surface area contributed by atoms with E-state index < -0.39 is 0 Å². The second-order valence-corrected chi connectivity index (χ2v) is 7.62. The van der Waals surface area contributed by atoms with Gasteiger partial charge in [-0.25, -0.2) is 0 Å². The van der Waals surface area contributed by atoms with E-state index in [2.05, 4.69) is 19.2 Å². The van der Waals surface area contributed by atoms with Gasteiger partial charge in [0.15, 0.2) is 0 Å². The smallest absolute Gasteiger partial charge is 0.245 e. The van der Waals surface area contributed by atoms with Gasteiger partial charge in [0.05, 0.1) is 5.71 Å². The molecule has 0 saturated carbocycles. The number of hydrazone groups is 1. The highest BCUT2D eigenvalue weighted by atomic mass is 35.5. The minimum Gasteiger partial charge on any atom is -0.324 e. The monoisotopic (exact) mass is 389 g/mol. The first-order valence-electron chi connectivity index (χ1n) is 8.55. The summed E-state index contributed by atoms with van der Waals surface area (Å²) in [6.07, 6.45) is 0.934. The van der Waals surface area contributed by atoms with Crippen LogP contribution in [0.25, 0.3) is 0 Å². The molecule has 1 unspecified atom stereocenters. The fourth-order valence-corrected chi connectivity index (χ4v) is 3.31. The van der Waals surface area contributed by atoms with Gasteiger partial charge in [0.25, 0.3) is 0 Å². The number of hydrogen-bond acceptors (Lipinski definition) is 3. The molecule has 0 aromatic heterocycles. The topological polar surface area (TPSA) is 44.7 Å². The van der Waals surface area contributed by atoms with Gasteiger partial charge >= 0.3 is 0 Å². The number of nitrogens with one attached hydrogen (secondary N) is 1. The number of amides is 1. The van der Waals surface area contributed by atoms with Crippen LogP contribution in [0.1, 0.15) is 25.8 Å². The van der Waals surface area contributed by atoms with Gasteiger partial charge in [-0.2, -0.15) is 5.10 Å². The fraction of sp³-hybridized carbons (Fsp3) is 0.300. The molecule has 0 spiro atoms. The van der Waals surface area contributed by atoms with Crippen LogP contribution in [0.3, 0.4) is 0 Å². The Morgan fingerprint density at radius 1 is 1.12 bits per heavy atom. The van der Waals surface area contributed by atoms with Crippen molar-refractivity contribution in [1.82, 2.24) is 5.01 Å². The Morgan fingerprint density at radius 2 is 1.69 bits per heavy atom. The standard InChI is InChI=1S/C20H21Cl2N3O/c1-3-20(2)13-25(24-19(20)14-4-6-15(21)7-5-14)12-18(26)23-17-10-8-16(22)9-11-17/h4-11H,3,12-13H2,1-2H3,(H,23,26). The van der Waals surface area contributed by atoms with Crippen molar-refractivity contribution in [3.05, 3.63) is 64.1 Å². The van der Waals surface area contributed by atoms with E-state index in [0.717, 1.165) is 23.4 Å². The van der Waals surface area contributed by atoms with E-state index in [0.29, 0.717) is 16.6 Å². The van der Waals surface area contributed by atoms with Crippen molar-refractivity contribution in [3.63, 3.8) is 0 Å². The Balaban J connectivity index is 1.73.